The second-order valence-corrected chi connectivity index (χ2v) is 4.78. The molecule has 0 saturated heterocycles. The number of carbonyl (C=O) groups excluding carboxylic acids is 1. The van der Waals surface area contributed by atoms with Gasteiger partial charge in [0.2, 0.25) is 5.91 Å². The Labute approximate surface area is 158 Å². The van der Waals surface area contributed by atoms with Crippen molar-refractivity contribution < 1.29 is 9.21 Å². The van der Waals surface area contributed by atoms with Crippen molar-refractivity contribution in [1.29, 1.82) is 0 Å². The number of hydrogen-bond donors (Lipinski definition) is 3. The fraction of sp³-hybridized carbons (Fsp3) is 0.312. The first-order valence-electron chi connectivity index (χ1n) is 7.41. The smallest absolute Gasteiger partial charge is 0.239 e. The normalized spacial score (nSPS) is 10.6. The minimum Gasteiger partial charge on any atom is -0.467 e. The molecular weight excluding hydrogens is 421 g/mol. The molecule has 0 atom stereocenters. The highest BCUT2D eigenvalue weighted by Gasteiger charge is 2.04. The molecule has 2 aromatic heterocycles. The number of guanidine groups is 1. The first kappa shape index (κ1) is 19.9. The molecule has 2 rings (SSSR count). The van der Waals surface area contributed by atoms with Crippen LogP contribution in [-0.2, 0) is 17.8 Å². The van der Waals surface area contributed by atoms with Crippen LogP contribution >= 0.6 is 24.0 Å². The van der Waals surface area contributed by atoms with E-state index in [2.05, 4.69) is 25.9 Å². The van der Waals surface area contributed by atoms with Gasteiger partial charge in [-0.3, -0.25) is 14.8 Å². The summed E-state index contributed by atoms with van der Waals surface area (Å²) in [5.41, 5.74) is 1.01. The number of aromatic nitrogens is 1. The molecule has 0 aliphatic rings. The van der Waals surface area contributed by atoms with Crippen LogP contribution in [0.2, 0.25) is 0 Å². The Balaban J connectivity index is 0.00000288. The van der Waals surface area contributed by atoms with Crippen LogP contribution < -0.4 is 16.0 Å². The van der Waals surface area contributed by atoms with Gasteiger partial charge in [0.25, 0.3) is 0 Å². The Hall–Kier alpha value is -2.10. The fourth-order valence-electron chi connectivity index (χ4n) is 1.90. The number of nitrogens with one attached hydrogen (secondary N) is 3. The van der Waals surface area contributed by atoms with E-state index in [1.165, 1.54) is 0 Å². The van der Waals surface area contributed by atoms with Crippen molar-refractivity contribution in [1.82, 2.24) is 20.9 Å². The summed E-state index contributed by atoms with van der Waals surface area (Å²) in [6, 6.07) is 9.41. The third-order valence-corrected chi connectivity index (χ3v) is 3.08. The largest absolute Gasteiger partial charge is 0.467 e. The van der Waals surface area contributed by atoms with Gasteiger partial charge in [-0.05, 0) is 24.3 Å². The number of pyridine rings is 1. The van der Waals surface area contributed by atoms with Crippen LogP contribution in [0.25, 0.3) is 0 Å². The molecule has 2 aromatic rings. The van der Waals surface area contributed by atoms with Crippen LogP contribution in [0.1, 0.15) is 11.5 Å². The van der Waals surface area contributed by atoms with E-state index in [9.17, 15) is 4.79 Å². The lowest BCUT2D eigenvalue weighted by atomic mass is 10.3. The average Bonchev–Trinajstić information content (AvgIpc) is 3.10. The Morgan fingerprint density at radius 3 is 2.75 bits per heavy atom. The molecule has 0 aliphatic carbocycles. The quantitative estimate of drug-likeness (QED) is 0.341. The molecule has 130 valence electrons. The van der Waals surface area contributed by atoms with Crippen LogP contribution in [-0.4, -0.2) is 37.0 Å². The topological polar surface area (TPSA) is 91.5 Å². The van der Waals surface area contributed by atoms with E-state index >= 15 is 0 Å². The van der Waals surface area contributed by atoms with Crippen LogP contribution in [0.5, 0.6) is 0 Å². The highest BCUT2D eigenvalue weighted by Crippen LogP contribution is 1.98. The highest BCUT2D eigenvalue weighted by molar-refractivity contribution is 14.0. The van der Waals surface area contributed by atoms with Crippen LogP contribution in [0.15, 0.2) is 52.2 Å². The second kappa shape index (κ2) is 11.4. The maximum absolute atomic E-state index is 11.7. The zero-order chi connectivity index (χ0) is 16.3. The van der Waals surface area contributed by atoms with Crippen molar-refractivity contribution in [2.24, 2.45) is 4.99 Å². The van der Waals surface area contributed by atoms with E-state index in [1.807, 2.05) is 24.3 Å². The summed E-state index contributed by atoms with van der Waals surface area (Å²) < 4.78 is 5.15. The molecule has 2 heterocycles. The Morgan fingerprint density at radius 1 is 1.21 bits per heavy atom. The summed E-state index contributed by atoms with van der Waals surface area (Å²) in [4.78, 5) is 20.1. The number of halogens is 1. The van der Waals surface area contributed by atoms with Crippen LogP contribution in [0, 0.1) is 0 Å². The molecule has 0 spiro atoms. The van der Waals surface area contributed by atoms with Crippen molar-refractivity contribution in [3.8, 4) is 0 Å². The number of rotatable bonds is 7. The standard InChI is InChI=1S/C16H21N5O2.HI/c1-17-16(19-9-7-13-5-2-3-8-18-13)21-12-15(22)20-11-14-6-4-10-23-14;/h2-6,8,10H,7,9,11-12H2,1H3,(H,20,22)(H2,17,19,21);1H. The first-order valence-corrected chi connectivity index (χ1v) is 7.41. The van der Waals surface area contributed by atoms with Gasteiger partial charge in [-0.25, -0.2) is 0 Å². The Bertz CT molecular complexity index is 617. The minimum absolute atomic E-state index is 0. The zero-order valence-corrected chi connectivity index (χ0v) is 15.8. The third-order valence-electron chi connectivity index (χ3n) is 3.08. The zero-order valence-electron chi connectivity index (χ0n) is 13.5. The van der Waals surface area contributed by atoms with Gasteiger partial charge in [0.1, 0.15) is 5.76 Å². The molecule has 0 bridgehead atoms. The molecule has 1 amide bonds. The van der Waals surface area contributed by atoms with E-state index in [1.54, 1.807) is 25.6 Å². The summed E-state index contributed by atoms with van der Waals surface area (Å²) in [7, 11) is 1.66. The summed E-state index contributed by atoms with van der Waals surface area (Å²) >= 11 is 0. The number of hydrogen-bond acceptors (Lipinski definition) is 4. The van der Waals surface area contributed by atoms with Gasteiger partial charge in [-0.15, -0.1) is 24.0 Å². The molecule has 3 N–H and O–H groups in total. The van der Waals surface area contributed by atoms with Crippen molar-refractivity contribution in [3.05, 3.63) is 54.2 Å². The molecule has 7 nitrogen and oxygen atoms in total. The number of amides is 1. The lowest BCUT2D eigenvalue weighted by molar-refractivity contribution is -0.120. The third kappa shape index (κ3) is 7.44. The molecule has 0 saturated carbocycles. The van der Waals surface area contributed by atoms with Crippen molar-refractivity contribution in [3.63, 3.8) is 0 Å². The van der Waals surface area contributed by atoms with E-state index in [4.69, 9.17) is 4.42 Å². The molecule has 0 aliphatic heterocycles. The van der Waals surface area contributed by atoms with Gasteiger partial charge in [0, 0.05) is 31.9 Å². The molecule has 0 radical (unpaired) electrons. The summed E-state index contributed by atoms with van der Waals surface area (Å²) in [6.07, 6.45) is 4.13. The van der Waals surface area contributed by atoms with Gasteiger partial charge in [-0.1, -0.05) is 6.07 Å². The van der Waals surface area contributed by atoms with Crippen molar-refractivity contribution in [2.45, 2.75) is 13.0 Å². The average molecular weight is 443 g/mol. The van der Waals surface area contributed by atoms with Crippen LogP contribution in [0.3, 0.4) is 0 Å². The predicted octanol–water partition coefficient (Wildman–Crippen LogP) is 1.32. The summed E-state index contributed by atoms with van der Waals surface area (Å²) in [5.74, 6) is 1.17. The number of carbonyl (C=O) groups is 1. The summed E-state index contributed by atoms with van der Waals surface area (Å²) in [6.45, 7) is 1.20. The summed E-state index contributed by atoms with van der Waals surface area (Å²) in [5, 5.41) is 8.86. The first-order chi connectivity index (χ1) is 11.3. The van der Waals surface area contributed by atoms with Gasteiger partial charge >= 0.3 is 0 Å². The van der Waals surface area contributed by atoms with Gasteiger partial charge < -0.3 is 20.4 Å². The predicted molar refractivity (Wildman–Crippen MR) is 103 cm³/mol. The lowest BCUT2D eigenvalue weighted by Crippen LogP contribution is -2.43. The van der Waals surface area contributed by atoms with Gasteiger partial charge in [0.05, 0.1) is 19.4 Å². The van der Waals surface area contributed by atoms with Crippen molar-refractivity contribution >= 4 is 35.8 Å². The Kier molecular flexibility index (Phi) is 9.51. The maximum Gasteiger partial charge on any atom is 0.239 e. The molecule has 8 heteroatoms. The van der Waals surface area contributed by atoms with Gasteiger partial charge in [0.15, 0.2) is 5.96 Å². The highest BCUT2D eigenvalue weighted by atomic mass is 127. The molecule has 0 aromatic carbocycles. The SMILES string of the molecule is CN=C(NCCc1ccccn1)NCC(=O)NCc1ccco1.I. The number of aliphatic imine (C=N–C) groups is 1. The van der Waals surface area contributed by atoms with Crippen molar-refractivity contribution in [2.75, 3.05) is 20.1 Å². The molecular formula is C16H22IN5O2. The van der Waals surface area contributed by atoms with Crippen LogP contribution in [0.4, 0.5) is 0 Å². The van der Waals surface area contributed by atoms with E-state index in [0.29, 0.717) is 19.0 Å². The van der Waals surface area contributed by atoms with E-state index in [0.717, 1.165) is 17.9 Å². The van der Waals surface area contributed by atoms with Gasteiger partial charge in [-0.2, -0.15) is 0 Å². The van der Waals surface area contributed by atoms with E-state index < -0.39 is 0 Å². The molecule has 0 unspecified atom stereocenters. The monoisotopic (exact) mass is 443 g/mol. The fourth-order valence-corrected chi connectivity index (χ4v) is 1.90. The lowest BCUT2D eigenvalue weighted by Gasteiger charge is -2.11. The second-order valence-electron chi connectivity index (χ2n) is 4.78. The molecule has 0 fully saturated rings. The minimum atomic E-state index is -0.130. The number of nitrogens with zero attached hydrogens (tertiary/aromatic N) is 2. The number of furan rings is 1. The maximum atomic E-state index is 11.7. The Morgan fingerprint density at radius 2 is 2.08 bits per heavy atom. The van der Waals surface area contributed by atoms with E-state index in [-0.39, 0.29) is 36.4 Å². The molecule has 24 heavy (non-hydrogen) atoms.